The summed E-state index contributed by atoms with van der Waals surface area (Å²) < 4.78 is 5.53. The van der Waals surface area contributed by atoms with Crippen LogP contribution in [0.15, 0.2) is 30.3 Å². The maximum atomic E-state index is 12.2. The molecular weight excluding hydrogens is 475 g/mol. The van der Waals surface area contributed by atoms with Crippen LogP contribution in [0.1, 0.15) is 22.8 Å². The molecule has 1 heterocycles. The third kappa shape index (κ3) is 5.43. The van der Waals surface area contributed by atoms with Crippen molar-refractivity contribution in [3.8, 4) is 5.75 Å². The standard InChI is InChI=1S/C21H22Cl2N4O4S/c1-10(28)31-17-14(22)8-13-15(19(24)29)20(32-18(13)16(17)23)26-21(30)25-12-6-4-5-11(7-12)9-27(2)3/h4-8,21,25-26,30H,9H2,1-3H3,(H2,24,29). The van der Waals surface area contributed by atoms with Gasteiger partial charge in [0.25, 0.3) is 5.91 Å². The first-order chi connectivity index (χ1) is 15.1. The number of fused-ring (bicyclic) bond motifs is 1. The van der Waals surface area contributed by atoms with Crippen LogP contribution in [0.25, 0.3) is 10.1 Å². The molecule has 2 aromatic carbocycles. The number of anilines is 2. The number of ether oxygens (including phenoxy) is 1. The maximum Gasteiger partial charge on any atom is 0.308 e. The third-order valence-corrected chi connectivity index (χ3v) is 6.23. The van der Waals surface area contributed by atoms with Crippen molar-refractivity contribution >= 4 is 67.2 Å². The molecule has 0 saturated carbocycles. The predicted molar refractivity (Wildman–Crippen MR) is 129 cm³/mol. The number of hydrogen-bond acceptors (Lipinski definition) is 8. The van der Waals surface area contributed by atoms with E-state index >= 15 is 0 Å². The summed E-state index contributed by atoms with van der Waals surface area (Å²) in [5.41, 5.74) is 7.45. The number of nitrogens with one attached hydrogen (secondary N) is 2. The molecule has 11 heteroatoms. The summed E-state index contributed by atoms with van der Waals surface area (Å²) in [5.74, 6) is -1.32. The van der Waals surface area contributed by atoms with Crippen LogP contribution in [0.3, 0.4) is 0 Å². The van der Waals surface area contributed by atoms with Gasteiger partial charge in [0.15, 0.2) is 5.75 Å². The molecule has 0 radical (unpaired) electrons. The Labute approximate surface area is 198 Å². The predicted octanol–water partition coefficient (Wildman–Crippen LogP) is 4.09. The maximum absolute atomic E-state index is 12.2. The Morgan fingerprint density at radius 3 is 2.59 bits per heavy atom. The fraction of sp³-hybridized carbons (Fsp3) is 0.238. The number of nitrogens with two attached hydrogens (primary N) is 1. The molecule has 5 N–H and O–H groups in total. The number of halogens is 2. The van der Waals surface area contributed by atoms with Gasteiger partial charge in [-0.15, -0.1) is 11.3 Å². The molecule has 8 nitrogen and oxygen atoms in total. The van der Waals surface area contributed by atoms with E-state index in [1.165, 1.54) is 13.0 Å². The molecule has 1 amide bonds. The molecule has 0 spiro atoms. The van der Waals surface area contributed by atoms with Gasteiger partial charge in [-0.3, -0.25) is 9.59 Å². The van der Waals surface area contributed by atoms with Crippen molar-refractivity contribution in [1.82, 2.24) is 4.90 Å². The van der Waals surface area contributed by atoms with Gasteiger partial charge in [0.1, 0.15) is 10.0 Å². The Balaban J connectivity index is 1.92. The van der Waals surface area contributed by atoms with Crippen LogP contribution in [-0.2, 0) is 11.3 Å². The largest absolute Gasteiger partial charge is 0.423 e. The second kappa shape index (κ2) is 9.93. The van der Waals surface area contributed by atoms with Crippen LogP contribution in [0.5, 0.6) is 5.75 Å². The average Bonchev–Trinajstić information content (AvgIpc) is 3.02. The lowest BCUT2D eigenvalue weighted by Gasteiger charge is -2.17. The van der Waals surface area contributed by atoms with Gasteiger partial charge < -0.3 is 31.1 Å². The second-order valence-corrected chi connectivity index (χ2v) is 9.08. The number of primary amides is 1. The monoisotopic (exact) mass is 496 g/mol. The summed E-state index contributed by atoms with van der Waals surface area (Å²) in [6, 6.07) is 9.03. The van der Waals surface area contributed by atoms with E-state index in [1.807, 2.05) is 43.3 Å². The van der Waals surface area contributed by atoms with E-state index < -0.39 is 18.2 Å². The zero-order chi connectivity index (χ0) is 23.6. The van der Waals surface area contributed by atoms with Crippen molar-refractivity contribution in [3.05, 3.63) is 51.5 Å². The van der Waals surface area contributed by atoms with Crippen molar-refractivity contribution in [3.63, 3.8) is 0 Å². The van der Waals surface area contributed by atoms with E-state index in [2.05, 4.69) is 10.6 Å². The number of aliphatic hydroxyl groups is 1. The molecule has 0 aliphatic rings. The summed E-state index contributed by atoms with van der Waals surface area (Å²) in [6.45, 7) is 1.97. The van der Waals surface area contributed by atoms with Crippen molar-refractivity contribution in [2.75, 3.05) is 24.7 Å². The lowest BCUT2D eigenvalue weighted by Crippen LogP contribution is -2.28. The fourth-order valence-electron chi connectivity index (χ4n) is 3.17. The van der Waals surface area contributed by atoms with E-state index in [0.29, 0.717) is 15.8 Å². The molecule has 3 rings (SSSR count). The van der Waals surface area contributed by atoms with Gasteiger partial charge in [0.05, 0.1) is 15.3 Å². The number of nitrogens with zero attached hydrogens (tertiary/aromatic N) is 1. The van der Waals surface area contributed by atoms with Crippen molar-refractivity contribution < 1.29 is 19.4 Å². The van der Waals surface area contributed by atoms with Gasteiger partial charge in [0.2, 0.25) is 6.35 Å². The Hall–Kier alpha value is -2.56. The average molecular weight is 497 g/mol. The highest BCUT2D eigenvalue weighted by Gasteiger charge is 2.24. The van der Waals surface area contributed by atoms with Crippen LogP contribution in [0.4, 0.5) is 10.7 Å². The first-order valence-corrected chi connectivity index (χ1v) is 11.0. The number of amides is 1. The highest BCUT2D eigenvalue weighted by molar-refractivity contribution is 7.24. The Bertz CT molecular complexity index is 1180. The van der Waals surface area contributed by atoms with Gasteiger partial charge in [-0.2, -0.15) is 0 Å². The summed E-state index contributed by atoms with van der Waals surface area (Å²) in [6.07, 6.45) is -1.24. The molecule has 1 aromatic heterocycles. The number of thiophene rings is 1. The lowest BCUT2D eigenvalue weighted by atomic mass is 10.1. The van der Waals surface area contributed by atoms with E-state index in [-0.39, 0.29) is 26.4 Å². The number of hydrogen-bond donors (Lipinski definition) is 4. The van der Waals surface area contributed by atoms with Crippen molar-refractivity contribution in [2.45, 2.75) is 19.8 Å². The van der Waals surface area contributed by atoms with Crippen molar-refractivity contribution in [2.24, 2.45) is 5.73 Å². The number of aliphatic hydroxyl groups excluding tert-OH is 1. The Kier molecular flexibility index (Phi) is 7.47. The van der Waals surface area contributed by atoms with E-state index in [9.17, 15) is 14.7 Å². The molecule has 170 valence electrons. The molecule has 1 atom stereocenters. The lowest BCUT2D eigenvalue weighted by molar-refractivity contribution is -0.131. The normalized spacial score (nSPS) is 12.1. The van der Waals surface area contributed by atoms with Gasteiger partial charge >= 0.3 is 5.97 Å². The van der Waals surface area contributed by atoms with Crippen LogP contribution in [-0.4, -0.2) is 42.3 Å². The van der Waals surface area contributed by atoms with E-state index in [0.717, 1.165) is 23.4 Å². The second-order valence-electron chi connectivity index (χ2n) is 7.27. The molecule has 0 fully saturated rings. The molecule has 0 saturated heterocycles. The fourth-order valence-corrected chi connectivity index (χ4v) is 4.96. The quantitative estimate of drug-likeness (QED) is 0.210. The smallest absolute Gasteiger partial charge is 0.308 e. The Morgan fingerprint density at radius 1 is 1.25 bits per heavy atom. The van der Waals surface area contributed by atoms with Crippen LogP contribution in [0.2, 0.25) is 10.0 Å². The first kappa shape index (κ1) is 24.1. The van der Waals surface area contributed by atoms with Crippen LogP contribution < -0.4 is 21.1 Å². The zero-order valence-electron chi connectivity index (χ0n) is 17.5. The third-order valence-electron chi connectivity index (χ3n) is 4.32. The van der Waals surface area contributed by atoms with Gasteiger partial charge in [-0.1, -0.05) is 35.3 Å². The molecule has 0 bridgehead atoms. The first-order valence-electron chi connectivity index (χ1n) is 9.44. The molecule has 0 aliphatic heterocycles. The minimum atomic E-state index is -1.24. The van der Waals surface area contributed by atoms with Gasteiger partial charge in [-0.25, -0.2) is 0 Å². The number of carbonyl (C=O) groups excluding carboxylic acids is 2. The van der Waals surface area contributed by atoms with Gasteiger partial charge in [-0.05, 0) is 37.9 Å². The minimum absolute atomic E-state index is 0.00599. The minimum Gasteiger partial charge on any atom is -0.423 e. The summed E-state index contributed by atoms with van der Waals surface area (Å²) in [4.78, 5) is 25.6. The molecule has 0 aliphatic carbocycles. The number of esters is 1. The molecule has 1 unspecified atom stereocenters. The summed E-state index contributed by atoms with van der Waals surface area (Å²) in [5, 5.41) is 17.1. The van der Waals surface area contributed by atoms with Crippen molar-refractivity contribution in [1.29, 1.82) is 0 Å². The van der Waals surface area contributed by atoms with Crippen LogP contribution >= 0.6 is 34.5 Å². The van der Waals surface area contributed by atoms with E-state index in [1.54, 1.807) is 0 Å². The number of carbonyl (C=O) groups is 2. The highest BCUT2D eigenvalue weighted by Crippen LogP contribution is 2.46. The number of rotatable bonds is 8. The highest BCUT2D eigenvalue weighted by atomic mass is 35.5. The molecule has 32 heavy (non-hydrogen) atoms. The van der Waals surface area contributed by atoms with E-state index in [4.69, 9.17) is 33.7 Å². The summed E-state index contributed by atoms with van der Waals surface area (Å²) >= 11 is 13.7. The SMILES string of the molecule is CC(=O)Oc1c(Cl)cc2c(C(N)=O)c(NC(O)Nc3cccc(CN(C)C)c3)sc2c1Cl. The van der Waals surface area contributed by atoms with Gasteiger partial charge in [0, 0.05) is 24.5 Å². The topological polar surface area (TPSA) is 117 Å². The Morgan fingerprint density at radius 2 is 1.97 bits per heavy atom. The zero-order valence-corrected chi connectivity index (χ0v) is 19.9. The number of benzene rings is 2. The van der Waals surface area contributed by atoms with Crippen LogP contribution in [0, 0.1) is 0 Å². The summed E-state index contributed by atoms with van der Waals surface area (Å²) in [7, 11) is 3.93. The molecular formula is C21H22Cl2N4O4S. The molecule has 3 aromatic rings.